The maximum absolute atomic E-state index is 13.1. The van der Waals surface area contributed by atoms with Crippen molar-refractivity contribution in [1.82, 2.24) is 4.90 Å². The van der Waals surface area contributed by atoms with Gasteiger partial charge in [-0.1, -0.05) is 54.6 Å². The average molecular weight is 743 g/mol. The number of hydrogen-bond acceptors (Lipinski definition) is 6. The third-order valence-corrected chi connectivity index (χ3v) is 8.60. The number of para-hydroxylation sites is 1. The monoisotopic (exact) mass is 742 g/mol. The second-order valence-corrected chi connectivity index (χ2v) is 12.0. The number of nitrogens with one attached hydrogen (secondary N) is 1. The quantitative estimate of drug-likeness (QED) is 0.139. The van der Waals surface area contributed by atoms with Crippen LogP contribution in [0.15, 0.2) is 88.2 Å². The maximum atomic E-state index is 13.1. The predicted octanol–water partition coefficient (Wildman–Crippen LogP) is 7.86. The number of carbonyl (C=O) groups is 3. The minimum atomic E-state index is -0.522. The number of fused-ring (bicyclic) bond motifs is 1. The van der Waals surface area contributed by atoms with Gasteiger partial charge in [0.25, 0.3) is 11.1 Å². The highest BCUT2D eigenvalue weighted by Gasteiger charge is 2.36. The molecule has 0 aromatic heterocycles. The van der Waals surface area contributed by atoms with Crippen LogP contribution in [0.4, 0.5) is 10.5 Å². The number of amides is 3. The molecule has 7 nitrogen and oxygen atoms in total. The summed E-state index contributed by atoms with van der Waals surface area (Å²) < 4.78 is 13.7. The molecule has 208 valence electrons. The second-order valence-electron chi connectivity index (χ2n) is 8.99. The van der Waals surface area contributed by atoms with Crippen molar-refractivity contribution in [3.63, 3.8) is 0 Å². The summed E-state index contributed by atoms with van der Waals surface area (Å²) in [6.45, 7) is 2.29. The van der Waals surface area contributed by atoms with Crippen molar-refractivity contribution >= 4 is 89.9 Å². The molecule has 1 saturated heterocycles. The zero-order valence-electron chi connectivity index (χ0n) is 21.9. The van der Waals surface area contributed by atoms with Crippen LogP contribution in [-0.2, 0) is 16.2 Å². The molecule has 1 fully saturated rings. The van der Waals surface area contributed by atoms with Gasteiger partial charge in [0.15, 0.2) is 11.5 Å². The third-order valence-electron chi connectivity index (χ3n) is 6.20. The molecule has 4 aromatic carbocycles. The molecule has 41 heavy (non-hydrogen) atoms. The minimum Gasteiger partial charge on any atom is -0.490 e. The maximum Gasteiger partial charge on any atom is 0.294 e. The average Bonchev–Trinajstić information content (AvgIpc) is 3.21. The molecule has 0 atom stereocenters. The normalized spacial score (nSPS) is 14.1. The van der Waals surface area contributed by atoms with Gasteiger partial charge in [-0.05, 0) is 109 Å². The summed E-state index contributed by atoms with van der Waals surface area (Å²) in [6, 6.07) is 25.0. The number of ether oxygens (including phenoxy) is 2. The summed E-state index contributed by atoms with van der Waals surface area (Å²) in [5, 5.41) is 4.48. The van der Waals surface area contributed by atoms with Gasteiger partial charge in [0.05, 0.1) is 20.8 Å². The van der Waals surface area contributed by atoms with Crippen LogP contribution in [-0.4, -0.2) is 35.1 Å². The van der Waals surface area contributed by atoms with Crippen molar-refractivity contribution in [3.05, 3.63) is 103 Å². The van der Waals surface area contributed by atoms with Gasteiger partial charge in [0, 0.05) is 4.47 Å². The number of benzene rings is 4. The van der Waals surface area contributed by atoms with Crippen LogP contribution in [0.2, 0.25) is 0 Å². The molecule has 0 aliphatic carbocycles. The van der Waals surface area contributed by atoms with E-state index in [4.69, 9.17) is 9.47 Å². The number of imide groups is 1. The summed E-state index contributed by atoms with van der Waals surface area (Å²) in [6.07, 6.45) is 1.63. The van der Waals surface area contributed by atoms with Crippen molar-refractivity contribution in [2.75, 3.05) is 18.5 Å². The molecule has 0 saturated carbocycles. The van der Waals surface area contributed by atoms with Crippen molar-refractivity contribution in [1.29, 1.82) is 0 Å². The van der Waals surface area contributed by atoms with Gasteiger partial charge in [0.1, 0.15) is 13.2 Å². The first-order chi connectivity index (χ1) is 19.8. The Hall–Kier alpha value is -3.35. The Morgan fingerprint density at radius 2 is 1.78 bits per heavy atom. The number of anilines is 1. The summed E-state index contributed by atoms with van der Waals surface area (Å²) in [5.41, 5.74) is 2.29. The van der Waals surface area contributed by atoms with E-state index >= 15 is 0 Å². The molecule has 3 amide bonds. The standard InChI is InChI=1S/C31H24BrIN2O5S/c1-2-39-26-15-19(14-24(33)29(26)40-18-21-10-7-9-20-8-3-4-11-22(20)21)16-27-30(37)35(31(38)41-27)17-28(36)34-25-13-6-5-12-23(25)32/h3-16H,2,17-18H2,1H3,(H,34,36)/b27-16+. The summed E-state index contributed by atoms with van der Waals surface area (Å²) >= 11 is 6.35. The fourth-order valence-electron chi connectivity index (χ4n) is 4.33. The Labute approximate surface area is 263 Å². The molecular formula is C31H24BrIN2O5S. The van der Waals surface area contributed by atoms with E-state index in [1.54, 1.807) is 30.3 Å². The van der Waals surface area contributed by atoms with Gasteiger partial charge in [-0.2, -0.15) is 0 Å². The Balaban J connectivity index is 1.33. The molecule has 0 unspecified atom stereocenters. The van der Waals surface area contributed by atoms with Gasteiger partial charge in [-0.15, -0.1) is 0 Å². The summed E-state index contributed by atoms with van der Waals surface area (Å²) in [4.78, 5) is 39.5. The highest BCUT2D eigenvalue weighted by molar-refractivity contribution is 14.1. The number of thioether (sulfide) groups is 1. The number of carbonyl (C=O) groups excluding carboxylic acids is 3. The van der Waals surface area contributed by atoms with Gasteiger partial charge in [-0.3, -0.25) is 19.3 Å². The lowest BCUT2D eigenvalue weighted by molar-refractivity contribution is -0.127. The molecule has 1 aliphatic heterocycles. The van der Waals surface area contributed by atoms with Crippen LogP contribution in [0.1, 0.15) is 18.1 Å². The lowest BCUT2D eigenvalue weighted by Crippen LogP contribution is -2.36. The molecule has 5 rings (SSSR count). The second kappa shape index (κ2) is 13.1. The molecule has 0 bridgehead atoms. The van der Waals surface area contributed by atoms with Gasteiger partial charge in [0.2, 0.25) is 5.91 Å². The third kappa shape index (κ3) is 6.77. The molecule has 1 aliphatic rings. The Bertz CT molecular complexity index is 1690. The lowest BCUT2D eigenvalue weighted by atomic mass is 10.1. The van der Waals surface area contributed by atoms with Crippen LogP contribution < -0.4 is 14.8 Å². The lowest BCUT2D eigenvalue weighted by Gasteiger charge is -2.16. The van der Waals surface area contributed by atoms with E-state index in [2.05, 4.69) is 62.0 Å². The Kier molecular flexibility index (Phi) is 9.31. The zero-order valence-corrected chi connectivity index (χ0v) is 26.4. The fourth-order valence-corrected chi connectivity index (χ4v) is 6.33. The van der Waals surface area contributed by atoms with Crippen LogP contribution in [0.5, 0.6) is 11.5 Å². The van der Waals surface area contributed by atoms with Crippen molar-refractivity contribution in [2.45, 2.75) is 13.5 Å². The van der Waals surface area contributed by atoms with E-state index in [0.717, 1.165) is 36.6 Å². The topological polar surface area (TPSA) is 84.9 Å². The summed E-state index contributed by atoms with van der Waals surface area (Å²) in [5.74, 6) is 0.153. The van der Waals surface area contributed by atoms with Crippen LogP contribution in [0, 0.1) is 3.57 Å². The molecule has 10 heteroatoms. The molecule has 1 N–H and O–H groups in total. The smallest absolute Gasteiger partial charge is 0.294 e. The first kappa shape index (κ1) is 29.2. The van der Waals surface area contributed by atoms with Crippen molar-refractivity contribution < 1.29 is 23.9 Å². The zero-order chi connectivity index (χ0) is 28.9. The Morgan fingerprint density at radius 1 is 1.02 bits per heavy atom. The summed E-state index contributed by atoms with van der Waals surface area (Å²) in [7, 11) is 0. The van der Waals surface area contributed by atoms with E-state index in [-0.39, 0.29) is 11.4 Å². The van der Waals surface area contributed by atoms with E-state index in [9.17, 15) is 14.4 Å². The highest BCUT2D eigenvalue weighted by Crippen LogP contribution is 2.38. The first-order valence-corrected chi connectivity index (χ1v) is 15.4. The van der Waals surface area contributed by atoms with Crippen molar-refractivity contribution in [2.24, 2.45) is 0 Å². The molecule has 1 heterocycles. The van der Waals surface area contributed by atoms with Crippen LogP contribution >= 0.6 is 50.3 Å². The van der Waals surface area contributed by atoms with E-state index in [1.807, 2.05) is 43.3 Å². The van der Waals surface area contributed by atoms with Crippen LogP contribution in [0.25, 0.3) is 16.8 Å². The van der Waals surface area contributed by atoms with Crippen LogP contribution in [0.3, 0.4) is 0 Å². The van der Waals surface area contributed by atoms with Gasteiger partial charge < -0.3 is 14.8 Å². The SMILES string of the molecule is CCOc1cc(/C=C2/SC(=O)N(CC(=O)Nc3ccccc3Br)C2=O)cc(I)c1OCc1cccc2ccccc12. The minimum absolute atomic E-state index is 0.228. The highest BCUT2D eigenvalue weighted by atomic mass is 127. The number of halogens is 2. The van der Waals surface area contributed by atoms with E-state index in [0.29, 0.717) is 40.4 Å². The van der Waals surface area contributed by atoms with Gasteiger partial charge >= 0.3 is 0 Å². The number of nitrogens with zero attached hydrogens (tertiary/aromatic N) is 1. The van der Waals surface area contributed by atoms with E-state index in [1.165, 1.54) is 0 Å². The molecule has 0 radical (unpaired) electrons. The molecule has 4 aromatic rings. The largest absolute Gasteiger partial charge is 0.490 e. The number of rotatable bonds is 9. The first-order valence-electron chi connectivity index (χ1n) is 12.7. The Morgan fingerprint density at radius 3 is 2.59 bits per heavy atom. The van der Waals surface area contributed by atoms with Crippen molar-refractivity contribution in [3.8, 4) is 11.5 Å². The van der Waals surface area contributed by atoms with Gasteiger partial charge in [-0.25, -0.2) is 0 Å². The van der Waals surface area contributed by atoms with E-state index < -0.39 is 17.1 Å². The number of hydrogen-bond donors (Lipinski definition) is 1. The molecular weight excluding hydrogens is 719 g/mol. The molecule has 0 spiro atoms. The predicted molar refractivity (Wildman–Crippen MR) is 174 cm³/mol. The fraction of sp³-hybridized carbons (Fsp3) is 0.129.